The molecule has 2 aromatic rings. The lowest BCUT2D eigenvalue weighted by molar-refractivity contribution is -0.117. The smallest absolute Gasteiger partial charge is 0.244 e. The number of piperazine rings is 1. The number of anilines is 1. The molecule has 1 aliphatic heterocycles. The maximum absolute atomic E-state index is 13.0. The molecule has 9 nitrogen and oxygen atoms in total. The highest BCUT2D eigenvalue weighted by atomic mass is 35.5. The molecule has 0 aliphatic carbocycles. The number of sulfonamides is 2. The van der Waals surface area contributed by atoms with E-state index in [2.05, 4.69) is 5.32 Å². The molecule has 0 atom stereocenters. The Morgan fingerprint density at radius 3 is 2.21 bits per heavy atom. The van der Waals surface area contributed by atoms with Gasteiger partial charge in [0.2, 0.25) is 26.0 Å². The van der Waals surface area contributed by atoms with Crippen LogP contribution in [0.3, 0.4) is 0 Å². The van der Waals surface area contributed by atoms with E-state index in [-0.39, 0.29) is 40.4 Å². The van der Waals surface area contributed by atoms with Crippen molar-refractivity contribution in [3.8, 4) is 0 Å². The number of nitrogens with one attached hydrogen (secondary N) is 1. The number of halogens is 1. The van der Waals surface area contributed by atoms with E-state index in [1.54, 1.807) is 18.2 Å². The molecular weight excluding hydrogens is 500 g/mol. The standard InChI is InChI=1S/C22H29ClN4O5S2/c1-16-5-7-19(13-17(16)2)33(29,30)27-11-9-26(10-12-27)15-22(28)24-18-6-8-20(23)21(14-18)34(31,32)25(3)4/h5-8,13-14H,9-12,15H2,1-4H3,(H,24,28). The van der Waals surface area contributed by atoms with Crippen molar-refractivity contribution in [3.05, 3.63) is 52.5 Å². The molecule has 0 bridgehead atoms. The van der Waals surface area contributed by atoms with E-state index >= 15 is 0 Å². The molecule has 1 saturated heterocycles. The lowest BCUT2D eigenvalue weighted by Crippen LogP contribution is -2.50. The van der Waals surface area contributed by atoms with E-state index in [1.807, 2.05) is 18.7 Å². The van der Waals surface area contributed by atoms with Crippen molar-refractivity contribution in [2.24, 2.45) is 0 Å². The van der Waals surface area contributed by atoms with Crippen LogP contribution in [0, 0.1) is 13.8 Å². The lowest BCUT2D eigenvalue weighted by Gasteiger charge is -2.33. The third-order valence-electron chi connectivity index (χ3n) is 5.79. The normalized spacial score (nSPS) is 16.1. The number of carbonyl (C=O) groups excluding carboxylic acids is 1. The van der Waals surface area contributed by atoms with Crippen LogP contribution in [0.5, 0.6) is 0 Å². The van der Waals surface area contributed by atoms with Crippen LogP contribution in [0.15, 0.2) is 46.2 Å². The summed E-state index contributed by atoms with van der Waals surface area (Å²) in [6.07, 6.45) is 0. The van der Waals surface area contributed by atoms with Gasteiger partial charge in [-0.2, -0.15) is 4.31 Å². The van der Waals surface area contributed by atoms with Gasteiger partial charge >= 0.3 is 0 Å². The summed E-state index contributed by atoms with van der Waals surface area (Å²) in [5.74, 6) is -0.332. The number of aryl methyl sites for hydroxylation is 2. The summed E-state index contributed by atoms with van der Waals surface area (Å²) in [6.45, 7) is 5.21. The molecule has 186 valence electrons. The highest BCUT2D eigenvalue weighted by molar-refractivity contribution is 7.89. The second-order valence-electron chi connectivity index (χ2n) is 8.41. The minimum absolute atomic E-state index is 0.0515. The lowest BCUT2D eigenvalue weighted by atomic mass is 10.1. The van der Waals surface area contributed by atoms with Crippen molar-refractivity contribution < 1.29 is 21.6 Å². The largest absolute Gasteiger partial charge is 0.325 e. The summed E-state index contributed by atoms with van der Waals surface area (Å²) in [7, 11) is -4.56. The van der Waals surface area contributed by atoms with Crippen LogP contribution in [-0.4, -0.2) is 83.1 Å². The molecule has 1 fully saturated rings. The van der Waals surface area contributed by atoms with Gasteiger partial charge in [0.05, 0.1) is 16.5 Å². The average Bonchev–Trinajstić information content (AvgIpc) is 2.77. The van der Waals surface area contributed by atoms with Crippen LogP contribution in [0.4, 0.5) is 5.69 Å². The Bertz CT molecular complexity index is 1290. The van der Waals surface area contributed by atoms with Gasteiger partial charge in [0, 0.05) is 46.0 Å². The molecule has 0 unspecified atom stereocenters. The van der Waals surface area contributed by atoms with Crippen molar-refractivity contribution >= 4 is 43.2 Å². The van der Waals surface area contributed by atoms with E-state index in [0.29, 0.717) is 18.8 Å². The summed E-state index contributed by atoms with van der Waals surface area (Å²) >= 11 is 6.05. The molecular formula is C22H29ClN4O5S2. The predicted molar refractivity (Wildman–Crippen MR) is 132 cm³/mol. The van der Waals surface area contributed by atoms with E-state index < -0.39 is 20.0 Å². The number of hydrogen-bond donors (Lipinski definition) is 1. The third-order valence-corrected chi connectivity index (χ3v) is 9.98. The summed E-state index contributed by atoms with van der Waals surface area (Å²) < 4.78 is 53.3. The first-order valence-electron chi connectivity index (χ1n) is 10.6. The molecule has 1 amide bonds. The number of carbonyl (C=O) groups is 1. The topological polar surface area (TPSA) is 107 Å². The van der Waals surface area contributed by atoms with Gasteiger partial charge in [0.1, 0.15) is 4.90 Å². The zero-order valence-electron chi connectivity index (χ0n) is 19.6. The van der Waals surface area contributed by atoms with Gasteiger partial charge < -0.3 is 5.32 Å². The number of hydrogen-bond acceptors (Lipinski definition) is 6. The Hall–Kier alpha value is -2.02. The number of benzene rings is 2. The van der Waals surface area contributed by atoms with E-state index in [9.17, 15) is 21.6 Å². The maximum atomic E-state index is 13.0. The molecule has 1 heterocycles. The predicted octanol–water partition coefficient (Wildman–Crippen LogP) is 2.15. The maximum Gasteiger partial charge on any atom is 0.244 e. The Kier molecular flexibility index (Phi) is 8.06. The molecule has 12 heteroatoms. The Morgan fingerprint density at radius 2 is 1.62 bits per heavy atom. The van der Waals surface area contributed by atoms with Crippen LogP contribution in [0.1, 0.15) is 11.1 Å². The fourth-order valence-corrected chi connectivity index (χ4v) is 6.43. The summed E-state index contributed by atoms with van der Waals surface area (Å²) in [5, 5.41) is 2.76. The zero-order valence-corrected chi connectivity index (χ0v) is 22.0. The summed E-state index contributed by atoms with van der Waals surface area (Å²) in [4.78, 5) is 14.6. The molecule has 3 rings (SSSR count). The Balaban J connectivity index is 1.61. The van der Waals surface area contributed by atoms with Crippen LogP contribution in [0.2, 0.25) is 5.02 Å². The van der Waals surface area contributed by atoms with E-state index in [1.165, 1.54) is 36.6 Å². The number of nitrogens with zero attached hydrogens (tertiary/aromatic N) is 3. The first-order chi connectivity index (χ1) is 15.8. The molecule has 1 N–H and O–H groups in total. The minimum atomic E-state index is -3.76. The van der Waals surface area contributed by atoms with Gasteiger partial charge in [-0.15, -0.1) is 0 Å². The van der Waals surface area contributed by atoms with Crippen molar-refractivity contribution in [2.45, 2.75) is 23.6 Å². The van der Waals surface area contributed by atoms with Crippen LogP contribution in [-0.2, 0) is 24.8 Å². The van der Waals surface area contributed by atoms with E-state index in [4.69, 9.17) is 11.6 Å². The minimum Gasteiger partial charge on any atom is -0.325 e. The number of amides is 1. The van der Waals surface area contributed by atoms with Crippen LogP contribution >= 0.6 is 11.6 Å². The monoisotopic (exact) mass is 528 g/mol. The highest BCUT2D eigenvalue weighted by Crippen LogP contribution is 2.27. The van der Waals surface area contributed by atoms with E-state index in [0.717, 1.165) is 15.4 Å². The summed E-state index contributed by atoms with van der Waals surface area (Å²) in [6, 6.07) is 9.38. The summed E-state index contributed by atoms with van der Waals surface area (Å²) in [5.41, 5.74) is 2.26. The van der Waals surface area contributed by atoms with Gasteiger partial charge in [-0.1, -0.05) is 17.7 Å². The molecule has 0 saturated carbocycles. The van der Waals surface area contributed by atoms with Crippen LogP contribution in [0.25, 0.3) is 0 Å². The molecule has 0 radical (unpaired) electrons. The molecule has 0 aromatic heterocycles. The highest BCUT2D eigenvalue weighted by Gasteiger charge is 2.29. The van der Waals surface area contributed by atoms with Gasteiger partial charge in [-0.25, -0.2) is 21.1 Å². The second-order valence-corrected chi connectivity index (χ2v) is 12.9. The Labute approximate surface area is 206 Å². The molecule has 2 aromatic carbocycles. The molecule has 0 spiro atoms. The first-order valence-corrected chi connectivity index (χ1v) is 13.9. The second kappa shape index (κ2) is 10.3. The third kappa shape index (κ3) is 5.78. The first kappa shape index (κ1) is 26.6. The fourth-order valence-electron chi connectivity index (χ4n) is 3.53. The SMILES string of the molecule is Cc1ccc(S(=O)(=O)N2CCN(CC(=O)Nc3ccc(Cl)c(S(=O)(=O)N(C)C)c3)CC2)cc1C. The van der Waals surface area contributed by atoms with Crippen molar-refractivity contribution in [3.63, 3.8) is 0 Å². The molecule has 1 aliphatic rings. The zero-order chi connectivity index (χ0) is 25.3. The van der Waals surface area contributed by atoms with Crippen molar-refractivity contribution in [2.75, 3.05) is 52.1 Å². The fraction of sp³-hybridized carbons (Fsp3) is 0.409. The van der Waals surface area contributed by atoms with Gasteiger partial charge in [-0.3, -0.25) is 9.69 Å². The van der Waals surface area contributed by atoms with Gasteiger partial charge in [0.15, 0.2) is 0 Å². The van der Waals surface area contributed by atoms with Gasteiger partial charge in [0.25, 0.3) is 0 Å². The molecule has 34 heavy (non-hydrogen) atoms. The van der Waals surface area contributed by atoms with Crippen molar-refractivity contribution in [1.82, 2.24) is 13.5 Å². The van der Waals surface area contributed by atoms with Crippen molar-refractivity contribution in [1.29, 1.82) is 0 Å². The van der Waals surface area contributed by atoms with Crippen LogP contribution < -0.4 is 5.32 Å². The van der Waals surface area contributed by atoms with Gasteiger partial charge in [-0.05, 0) is 55.3 Å². The Morgan fingerprint density at radius 1 is 0.971 bits per heavy atom. The quantitative estimate of drug-likeness (QED) is 0.590. The number of rotatable bonds is 7. The average molecular weight is 529 g/mol.